The standard InChI is InChI=1S/C16H24N2O6S2/c1-17(2)13-10-25(19,20)16-9-18(8-12(13)16)26(21,22)11-5-6-14(23-3)15(7-11)24-4/h5-7,12-13,16H,8-10H2,1-4H3/t12-,13+,16-/m0/s1. The predicted molar refractivity (Wildman–Crippen MR) is 96.8 cm³/mol. The molecular weight excluding hydrogens is 380 g/mol. The molecule has 0 aromatic heterocycles. The molecule has 0 radical (unpaired) electrons. The SMILES string of the molecule is COc1ccc(S(=O)(=O)N2C[C@H]3[C@H](N(C)C)CS(=O)(=O)[C@H]3C2)cc1OC. The number of hydrogen-bond acceptors (Lipinski definition) is 7. The van der Waals surface area contributed by atoms with Crippen LogP contribution in [-0.2, 0) is 19.9 Å². The fourth-order valence-electron chi connectivity index (χ4n) is 3.85. The fraction of sp³-hybridized carbons (Fsp3) is 0.625. The molecule has 0 saturated carbocycles. The van der Waals surface area contributed by atoms with E-state index >= 15 is 0 Å². The molecule has 0 aliphatic carbocycles. The number of benzene rings is 1. The molecule has 0 bridgehead atoms. The summed E-state index contributed by atoms with van der Waals surface area (Å²) in [5.41, 5.74) is 0. The average molecular weight is 405 g/mol. The van der Waals surface area contributed by atoms with Crippen molar-refractivity contribution in [2.45, 2.75) is 16.2 Å². The van der Waals surface area contributed by atoms with Crippen LogP contribution in [0.5, 0.6) is 11.5 Å². The highest BCUT2D eigenvalue weighted by molar-refractivity contribution is 7.92. The lowest BCUT2D eigenvalue weighted by Crippen LogP contribution is -2.38. The van der Waals surface area contributed by atoms with E-state index in [0.717, 1.165) is 0 Å². The summed E-state index contributed by atoms with van der Waals surface area (Å²) in [7, 11) is -0.572. The van der Waals surface area contributed by atoms with Gasteiger partial charge in [0.25, 0.3) is 0 Å². The summed E-state index contributed by atoms with van der Waals surface area (Å²) in [4.78, 5) is 1.93. The molecule has 1 aromatic carbocycles. The van der Waals surface area contributed by atoms with Gasteiger partial charge in [-0.05, 0) is 26.2 Å². The summed E-state index contributed by atoms with van der Waals surface area (Å²) >= 11 is 0. The number of nitrogens with zero attached hydrogens (tertiary/aromatic N) is 2. The number of rotatable bonds is 5. The summed E-state index contributed by atoms with van der Waals surface area (Å²) < 4.78 is 62.6. The second kappa shape index (κ2) is 6.66. The van der Waals surface area contributed by atoms with Gasteiger partial charge in [-0.3, -0.25) is 0 Å². The van der Waals surface area contributed by atoms with Gasteiger partial charge in [0.15, 0.2) is 21.3 Å². The fourth-order valence-corrected chi connectivity index (χ4v) is 7.94. The monoisotopic (exact) mass is 404 g/mol. The quantitative estimate of drug-likeness (QED) is 0.685. The Balaban J connectivity index is 1.93. The molecule has 0 unspecified atom stereocenters. The Bertz CT molecular complexity index is 897. The zero-order chi connectivity index (χ0) is 19.3. The minimum atomic E-state index is -3.82. The van der Waals surface area contributed by atoms with Crippen LogP contribution in [0.15, 0.2) is 23.1 Å². The summed E-state index contributed by atoms with van der Waals surface area (Å²) in [5.74, 6) is 0.608. The second-order valence-electron chi connectivity index (χ2n) is 6.90. The molecule has 2 aliphatic rings. The van der Waals surface area contributed by atoms with E-state index < -0.39 is 25.1 Å². The molecule has 1 aromatic rings. The van der Waals surface area contributed by atoms with Crippen LogP contribution in [0.25, 0.3) is 0 Å². The van der Waals surface area contributed by atoms with Gasteiger partial charge in [-0.15, -0.1) is 0 Å². The van der Waals surface area contributed by atoms with Crippen molar-refractivity contribution in [2.24, 2.45) is 5.92 Å². The molecule has 2 aliphatic heterocycles. The smallest absolute Gasteiger partial charge is 0.243 e. The van der Waals surface area contributed by atoms with Gasteiger partial charge in [-0.1, -0.05) is 0 Å². The third-order valence-corrected chi connectivity index (χ3v) is 9.35. The topological polar surface area (TPSA) is 93.2 Å². The third-order valence-electron chi connectivity index (χ3n) is 5.29. The van der Waals surface area contributed by atoms with Crippen molar-refractivity contribution in [3.05, 3.63) is 18.2 Å². The molecular formula is C16H24N2O6S2. The molecule has 2 heterocycles. The first kappa shape index (κ1) is 19.4. The van der Waals surface area contributed by atoms with Crippen LogP contribution in [0.4, 0.5) is 0 Å². The lowest BCUT2D eigenvalue weighted by Gasteiger charge is -2.25. The van der Waals surface area contributed by atoms with Crippen LogP contribution >= 0.6 is 0 Å². The van der Waals surface area contributed by atoms with E-state index in [1.54, 1.807) is 0 Å². The van der Waals surface area contributed by atoms with Gasteiger partial charge in [0.1, 0.15) is 0 Å². The van der Waals surface area contributed by atoms with Crippen LogP contribution in [0, 0.1) is 5.92 Å². The van der Waals surface area contributed by atoms with Crippen LogP contribution in [0.3, 0.4) is 0 Å². The second-order valence-corrected chi connectivity index (χ2v) is 11.1. The first-order valence-electron chi connectivity index (χ1n) is 8.22. The summed E-state index contributed by atoms with van der Waals surface area (Å²) in [6.07, 6.45) is 0. The van der Waals surface area contributed by atoms with Gasteiger partial charge in [0.05, 0.1) is 30.1 Å². The normalized spacial score (nSPS) is 28.3. The van der Waals surface area contributed by atoms with Crippen LogP contribution in [0.1, 0.15) is 0 Å². The van der Waals surface area contributed by atoms with Gasteiger partial charge in [0.2, 0.25) is 10.0 Å². The van der Waals surface area contributed by atoms with Gasteiger partial charge in [-0.2, -0.15) is 4.31 Å². The molecule has 8 nitrogen and oxygen atoms in total. The van der Waals surface area contributed by atoms with Crippen molar-refractivity contribution in [3.63, 3.8) is 0 Å². The average Bonchev–Trinajstić information content (AvgIpc) is 3.14. The molecule has 0 amide bonds. The van der Waals surface area contributed by atoms with E-state index in [2.05, 4.69) is 0 Å². The Morgan fingerprint density at radius 1 is 1.12 bits per heavy atom. The largest absolute Gasteiger partial charge is 0.493 e. The summed E-state index contributed by atoms with van der Waals surface area (Å²) in [6.45, 7) is 0.192. The number of ether oxygens (including phenoxy) is 2. The Morgan fingerprint density at radius 3 is 2.35 bits per heavy atom. The van der Waals surface area contributed by atoms with Crippen LogP contribution in [-0.4, -0.2) is 84.5 Å². The number of fused-ring (bicyclic) bond motifs is 1. The highest BCUT2D eigenvalue weighted by Crippen LogP contribution is 2.39. The van der Waals surface area contributed by atoms with Crippen LogP contribution in [0.2, 0.25) is 0 Å². The number of sulfone groups is 1. The molecule has 3 atom stereocenters. The maximum Gasteiger partial charge on any atom is 0.243 e. The number of sulfonamides is 1. The highest BCUT2D eigenvalue weighted by Gasteiger charge is 2.54. The van der Waals surface area contributed by atoms with Gasteiger partial charge < -0.3 is 14.4 Å². The van der Waals surface area contributed by atoms with E-state index in [1.807, 2.05) is 19.0 Å². The predicted octanol–water partition coefficient (Wildman–Crippen LogP) is 0.0515. The first-order valence-corrected chi connectivity index (χ1v) is 11.4. The van der Waals surface area contributed by atoms with Crippen molar-refractivity contribution >= 4 is 19.9 Å². The molecule has 0 N–H and O–H groups in total. The molecule has 3 rings (SSSR count). The van der Waals surface area contributed by atoms with Crippen molar-refractivity contribution in [1.29, 1.82) is 0 Å². The molecule has 26 heavy (non-hydrogen) atoms. The van der Waals surface area contributed by atoms with Gasteiger partial charge in [0, 0.05) is 31.1 Å². The number of hydrogen-bond donors (Lipinski definition) is 0. The van der Waals surface area contributed by atoms with Crippen molar-refractivity contribution in [1.82, 2.24) is 9.21 Å². The lowest BCUT2D eigenvalue weighted by atomic mass is 10.00. The van der Waals surface area contributed by atoms with E-state index in [9.17, 15) is 16.8 Å². The molecule has 2 saturated heterocycles. The Hall–Kier alpha value is -1.36. The molecule has 10 heteroatoms. The Labute approximate surface area is 154 Å². The summed E-state index contributed by atoms with van der Waals surface area (Å²) in [5, 5.41) is -0.648. The minimum Gasteiger partial charge on any atom is -0.493 e. The first-order chi connectivity index (χ1) is 12.1. The minimum absolute atomic E-state index is 0.00593. The van der Waals surface area contributed by atoms with Crippen LogP contribution < -0.4 is 9.47 Å². The lowest BCUT2D eigenvalue weighted by molar-refractivity contribution is 0.249. The van der Waals surface area contributed by atoms with E-state index in [0.29, 0.717) is 11.5 Å². The Kier molecular flexibility index (Phi) is 4.97. The van der Waals surface area contributed by atoms with Crippen molar-refractivity contribution in [3.8, 4) is 11.5 Å². The highest BCUT2D eigenvalue weighted by atomic mass is 32.2. The number of methoxy groups -OCH3 is 2. The molecule has 0 spiro atoms. The third kappa shape index (κ3) is 3.08. The summed E-state index contributed by atoms with van der Waals surface area (Å²) in [6, 6.07) is 4.21. The molecule has 2 fully saturated rings. The Morgan fingerprint density at radius 2 is 1.77 bits per heavy atom. The van der Waals surface area contributed by atoms with E-state index in [-0.39, 0.29) is 35.7 Å². The van der Waals surface area contributed by atoms with Crippen molar-refractivity contribution < 1.29 is 26.3 Å². The van der Waals surface area contributed by atoms with Gasteiger partial charge >= 0.3 is 0 Å². The van der Waals surface area contributed by atoms with E-state index in [4.69, 9.17) is 9.47 Å². The maximum atomic E-state index is 13.0. The zero-order valence-corrected chi connectivity index (χ0v) is 16.9. The zero-order valence-electron chi connectivity index (χ0n) is 15.2. The van der Waals surface area contributed by atoms with Gasteiger partial charge in [-0.25, -0.2) is 16.8 Å². The van der Waals surface area contributed by atoms with E-state index in [1.165, 1.54) is 36.7 Å². The maximum absolute atomic E-state index is 13.0. The van der Waals surface area contributed by atoms with Crippen molar-refractivity contribution in [2.75, 3.05) is 47.2 Å². The molecule has 146 valence electrons.